The molecule has 0 atom stereocenters. The number of fused-ring (bicyclic) bond motifs is 2. The van der Waals surface area contributed by atoms with E-state index in [0.717, 1.165) is 21.1 Å². The molecule has 3 heterocycles. The fourth-order valence-corrected chi connectivity index (χ4v) is 4.43. The van der Waals surface area contributed by atoms with Gasteiger partial charge in [0.2, 0.25) is 0 Å². The molecule has 2 aromatic heterocycles. The third-order valence-corrected chi connectivity index (χ3v) is 6.01. The Hall–Kier alpha value is -3.52. The van der Waals surface area contributed by atoms with Gasteiger partial charge in [-0.15, -0.1) is 0 Å². The molecular weight excluding hydrogens is 470 g/mol. The number of benzene rings is 2. The third kappa shape index (κ3) is 3.89. The van der Waals surface area contributed by atoms with Gasteiger partial charge >= 0.3 is 6.03 Å². The first-order valence-corrected chi connectivity index (χ1v) is 10.9. The first-order chi connectivity index (χ1) is 16.4. The molecule has 32 heavy (non-hydrogen) atoms. The highest BCUT2D eigenvalue weighted by Crippen LogP contribution is 2.35. The van der Waals surface area contributed by atoms with Crippen molar-refractivity contribution >= 4 is 50.1 Å². The third-order valence-electron chi connectivity index (χ3n) is 5.39. The molecule has 0 unspecified atom stereocenters. The van der Waals surface area contributed by atoms with Gasteiger partial charge in [0.1, 0.15) is 11.4 Å². The Bertz CT molecular complexity index is 1390. The SMILES string of the molecule is [2H]C([2H])(c1c[nH]c2ncccc12)N1CCc2c(NC(=O)Nc3ccc(OC)c(Br)c3)cccc21. The maximum absolute atomic E-state index is 12.7. The molecule has 0 saturated carbocycles. The lowest BCUT2D eigenvalue weighted by molar-refractivity contribution is 0.262. The number of amides is 2. The lowest BCUT2D eigenvalue weighted by atomic mass is 10.1. The number of aromatic amines is 1. The molecule has 0 bridgehead atoms. The normalized spacial score (nSPS) is 14.0. The summed E-state index contributed by atoms with van der Waals surface area (Å²) < 4.78 is 23.8. The number of hydrogen-bond acceptors (Lipinski definition) is 4. The van der Waals surface area contributed by atoms with Crippen molar-refractivity contribution in [3.05, 3.63) is 76.5 Å². The minimum atomic E-state index is -1.76. The van der Waals surface area contributed by atoms with Crippen molar-refractivity contribution in [2.75, 3.05) is 29.2 Å². The molecule has 0 radical (unpaired) electrons. The smallest absolute Gasteiger partial charge is 0.323 e. The van der Waals surface area contributed by atoms with Gasteiger partial charge in [0.25, 0.3) is 0 Å². The highest BCUT2D eigenvalue weighted by atomic mass is 79.9. The number of anilines is 3. The summed E-state index contributed by atoms with van der Waals surface area (Å²) in [5, 5.41) is 6.49. The molecule has 162 valence electrons. The van der Waals surface area contributed by atoms with Gasteiger partial charge in [-0.2, -0.15) is 0 Å². The number of hydrogen-bond donors (Lipinski definition) is 3. The summed E-state index contributed by atoms with van der Waals surface area (Å²) in [6.07, 6.45) is 3.97. The molecule has 7 nitrogen and oxygen atoms in total. The number of halogens is 1. The van der Waals surface area contributed by atoms with Crippen LogP contribution in [-0.2, 0) is 12.9 Å². The Labute approximate surface area is 196 Å². The summed E-state index contributed by atoms with van der Waals surface area (Å²) >= 11 is 3.42. The fraction of sp³-hybridized carbons (Fsp3) is 0.167. The van der Waals surface area contributed by atoms with Gasteiger partial charge in [-0.3, -0.25) is 0 Å². The number of pyridine rings is 1. The van der Waals surface area contributed by atoms with Crippen molar-refractivity contribution in [3.63, 3.8) is 0 Å². The Morgan fingerprint density at radius 3 is 3.03 bits per heavy atom. The zero-order chi connectivity index (χ0) is 23.9. The van der Waals surface area contributed by atoms with Gasteiger partial charge in [0, 0.05) is 53.4 Å². The van der Waals surface area contributed by atoms with Crippen LogP contribution in [0.25, 0.3) is 11.0 Å². The van der Waals surface area contributed by atoms with Gasteiger partial charge in [-0.25, -0.2) is 9.78 Å². The Balaban J connectivity index is 1.38. The molecule has 3 N–H and O–H groups in total. The fourth-order valence-electron chi connectivity index (χ4n) is 3.89. The number of H-pyrrole nitrogens is 1. The predicted octanol–water partition coefficient (Wildman–Crippen LogP) is 5.54. The standard InChI is InChI=1S/C24H22BrN5O2/c1-32-22-8-7-16(12-19(22)25)28-24(31)29-20-5-2-6-21-18(20)9-11-30(21)14-15-13-27-23-17(15)4-3-10-26-23/h2-8,10,12-13H,9,11,14H2,1H3,(H,26,27)(H2,28,29,31)/i14D2. The van der Waals surface area contributed by atoms with Crippen LogP contribution in [0.15, 0.2) is 65.4 Å². The molecule has 0 spiro atoms. The Kier molecular flexibility index (Phi) is 4.83. The van der Waals surface area contributed by atoms with Crippen LogP contribution < -0.4 is 20.3 Å². The van der Waals surface area contributed by atoms with E-state index in [2.05, 4.69) is 36.5 Å². The Morgan fingerprint density at radius 2 is 2.19 bits per heavy atom. The molecule has 2 aromatic carbocycles. The number of carbonyl (C=O) groups is 1. The van der Waals surface area contributed by atoms with Crippen molar-refractivity contribution in [1.29, 1.82) is 0 Å². The monoisotopic (exact) mass is 493 g/mol. The van der Waals surface area contributed by atoms with Gasteiger partial charge in [0.05, 0.1) is 14.3 Å². The van der Waals surface area contributed by atoms with Crippen LogP contribution in [-0.4, -0.2) is 29.7 Å². The highest BCUT2D eigenvalue weighted by Gasteiger charge is 2.23. The van der Waals surface area contributed by atoms with E-state index in [1.54, 1.807) is 48.7 Å². The van der Waals surface area contributed by atoms with Crippen LogP contribution in [0.3, 0.4) is 0 Å². The second-order valence-corrected chi connectivity index (χ2v) is 8.20. The minimum Gasteiger partial charge on any atom is -0.496 e. The van der Waals surface area contributed by atoms with E-state index in [4.69, 9.17) is 7.48 Å². The van der Waals surface area contributed by atoms with Crippen LogP contribution in [0.2, 0.25) is 0 Å². The minimum absolute atomic E-state index is 0.380. The van der Waals surface area contributed by atoms with Crippen LogP contribution >= 0.6 is 15.9 Å². The van der Waals surface area contributed by atoms with Crippen LogP contribution in [0.5, 0.6) is 5.75 Å². The van der Waals surface area contributed by atoms with E-state index in [0.29, 0.717) is 41.3 Å². The van der Waals surface area contributed by atoms with Gasteiger partial charge in [0.15, 0.2) is 0 Å². The van der Waals surface area contributed by atoms with E-state index in [1.807, 2.05) is 24.3 Å². The number of nitrogens with one attached hydrogen (secondary N) is 3. The molecule has 5 rings (SSSR count). The summed E-state index contributed by atoms with van der Waals surface area (Å²) in [6, 6.07) is 14.1. The average molecular weight is 494 g/mol. The zero-order valence-electron chi connectivity index (χ0n) is 19.3. The van der Waals surface area contributed by atoms with E-state index in [-0.39, 0.29) is 6.03 Å². The van der Waals surface area contributed by atoms with Crippen LogP contribution in [0.1, 0.15) is 13.9 Å². The average Bonchev–Trinajstić information content (AvgIpc) is 3.45. The molecule has 4 aromatic rings. The Morgan fingerprint density at radius 1 is 1.28 bits per heavy atom. The van der Waals surface area contributed by atoms with Gasteiger partial charge in [-0.05, 0) is 70.4 Å². The summed E-state index contributed by atoms with van der Waals surface area (Å²) in [4.78, 5) is 21.8. The second kappa shape index (κ2) is 8.55. The molecule has 0 saturated heterocycles. The van der Waals surface area contributed by atoms with Crippen LogP contribution in [0, 0.1) is 0 Å². The molecular formula is C24H22BrN5O2. The molecule has 1 aliphatic rings. The van der Waals surface area contributed by atoms with Crippen LogP contribution in [0.4, 0.5) is 21.9 Å². The number of nitrogens with zero attached hydrogens (tertiary/aromatic N) is 2. The maximum Gasteiger partial charge on any atom is 0.323 e. The molecule has 1 aliphatic heterocycles. The number of ether oxygens (including phenoxy) is 1. The predicted molar refractivity (Wildman–Crippen MR) is 131 cm³/mol. The van der Waals surface area contributed by atoms with E-state index < -0.39 is 6.50 Å². The second-order valence-electron chi connectivity index (χ2n) is 7.35. The lowest BCUT2D eigenvalue weighted by Crippen LogP contribution is -2.20. The van der Waals surface area contributed by atoms with E-state index in [1.165, 1.54) is 0 Å². The van der Waals surface area contributed by atoms with Gasteiger partial charge < -0.3 is 25.3 Å². The molecule has 0 aliphatic carbocycles. The first-order valence-electron chi connectivity index (χ1n) is 11.1. The highest BCUT2D eigenvalue weighted by molar-refractivity contribution is 9.10. The summed E-state index contributed by atoms with van der Waals surface area (Å²) in [7, 11) is 1.58. The molecule has 2 amide bonds. The van der Waals surface area contributed by atoms with E-state index >= 15 is 0 Å². The van der Waals surface area contributed by atoms with Crippen molar-refractivity contribution in [3.8, 4) is 5.75 Å². The summed E-state index contributed by atoms with van der Waals surface area (Å²) in [5.74, 6) is 0.673. The van der Waals surface area contributed by atoms with Crippen molar-refractivity contribution in [2.24, 2.45) is 0 Å². The quantitative estimate of drug-likeness (QED) is 0.340. The number of rotatable bonds is 5. The lowest BCUT2D eigenvalue weighted by Gasteiger charge is -2.19. The van der Waals surface area contributed by atoms with Crippen molar-refractivity contribution in [2.45, 2.75) is 12.9 Å². The largest absolute Gasteiger partial charge is 0.496 e. The number of aromatic nitrogens is 2. The van der Waals surface area contributed by atoms with E-state index in [9.17, 15) is 4.79 Å². The topological polar surface area (TPSA) is 82.3 Å². The van der Waals surface area contributed by atoms with Gasteiger partial charge in [-0.1, -0.05) is 6.07 Å². The van der Waals surface area contributed by atoms with Crippen molar-refractivity contribution < 1.29 is 12.3 Å². The first kappa shape index (κ1) is 18.1. The number of methoxy groups -OCH3 is 1. The molecule has 0 fully saturated rings. The number of urea groups is 1. The summed E-state index contributed by atoms with van der Waals surface area (Å²) in [5.41, 5.74) is 4.11. The number of carbonyl (C=O) groups excluding carboxylic acids is 1. The summed E-state index contributed by atoms with van der Waals surface area (Å²) in [6.45, 7) is -1.27. The molecule has 8 heteroatoms. The van der Waals surface area contributed by atoms with Crippen molar-refractivity contribution in [1.82, 2.24) is 9.97 Å². The maximum atomic E-state index is 12.7. The zero-order valence-corrected chi connectivity index (χ0v) is 18.9.